The van der Waals surface area contributed by atoms with E-state index in [0.29, 0.717) is 11.3 Å². The maximum atomic E-state index is 13.2. The summed E-state index contributed by atoms with van der Waals surface area (Å²) < 4.78 is 26.3. The molecule has 0 atom stereocenters. The third kappa shape index (κ3) is 3.28. The molecule has 2 rings (SSSR count). The normalized spacial score (nSPS) is 10.1. The first-order valence-corrected chi connectivity index (χ1v) is 7.01. The lowest BCUT2D eigenvalue weighted by Crippen LogP contribution is -1.96. The number of rotatable bonds is 4. The second-order valence-electron chi connectivity index (χ2n) is 4.01. The molecule has 20 heavy (non-hydrogen) atoms. The van der Waals surface area contributed by atoms with Gasteiger partial charge in [-0.15, -0.1) is 11.8 Å². The van der Waals surface area contributed by atoms with Gasteiger partial charge in [0.15, 0.2) is 0 Å². The maximum Gasteiger partial charge on any atom is 0.128 e. The van der Waals surface area contributed by atoms with Crippen molar-refractivity contribution in [1.29, 1.82) is 5.26 Å². The van der Waals surface area contributed by atoms with Crippen LogP contribution in [-0.2, 0) is 0 Å². The summed E-state index contributed by atoms with van der Waals surface area (Å²) in [4.78, 5) is 0.844. The molecule has 0 heterocycles. The number of hydrogen-bond donors (Lipinski definition) is 1. The van der Waals surface area contributed by atoms with Crippen LogP contribution < -0.4 is 5.32 Å². The third-order valence-electron chi connectivity index (χ3n) is 2.58. The quantitative estimate of drug-likeness (QED) is 0.830. The molecule has 0 aromatic heterocycles. The summed E-state index contributed by atoms with van der Waals surface area (Å²) in [6.45, 7) is 1.99. The van der Waals surface area contributed by atoms with Crippen molar-refractivity contribution in [1.82, 2.24) is 0 Å². The summed E-state index contributed by atoms with van der Waals surface area (Å²) in [5, 5.41) is 12.1. The summed E-state index contributed by atoms with van der Waals surface area (Å²) >= 11 is 1.55. The molecule has 0 bridgehead atoms. The van der Waals surface area contributed by atoms with Gasteiger partial charge in [-0.25, -0.2) is 8.78 Å². The van der Waals surface area contributed by atoms with E-state index < -0.39 is 11.6 Å². The third-order valence-corrected chi connectivity index (χ3v) is 3.52. The van der Waals surface area contributed by atoms with Crippen LogP contribution in [0.25, 0.3) is 0 Å². The van der Waals surface area contributed by atoms with E-state index in [2.05, 4.69) is 11.4 Å². The molecule has 0 amide bonds. The van der Waals surface area contributed by atoms with E-state index in [-0.39, 0.29) is 5.69 Å². The summed E-state index contributed by atoms with van der Waals surface area (Å²) in [7, 11) is 0. The number of halogens is 2. The predicted molar refractivity (Wildman–Crippen MR) is 77.2 cm³/mol. The van der Waals surface area contributed by atoms with Crippen LogP contribution in [-0.4, -0.2) is 5.75 Å². The van der Waals surface area contributed by atoms with E-state index in [1.54, 1.807) is 23.9 Å². The molecule has 0 unspecified atom stereocenters. The van der Waals surface area contributed by atoms with Crippen LogP contribution in [0.3, 0.4) is 0 Å². The Morgan fingerprint density at radius 3 is 2.50 bits per heavy atom. The highest BCUT2D eigenvalue weighted by molar-refractivity contribution is 7.99. The highest BCUT2D eigenvalue weighted by Gasteiger charge is 2.09. The van der Waals surface area contributed by atoms with Crippen molar-refractivity contribution in [2.24, 2.45) is 0 Å². The molecule has 0 aliphatic heterocycles. The highest BCUT2D eigenvalue weighted by atomic mass is 32.2. The zero-order valence-electron chi connectivity index (χ0n) is 10.8. The molecule has 0 spiro atoms. The van der Waals surface area contributed by atoms with Crippen molar-refractivity contribution in [3.8, 4) is 6.07 Å². The first kappa shape index (κ1) is 14.4. The largest absolute Gasteiger partial charge is 0.354 e. The molecule has 0 radical (unpaired) electrons. The SMILES string of the molecule is CCSc1cccc(Nc2cc(F)cc(F)c2)c1C#N. The molecule has 2 aromatic carbocycles. The highest BCUT2D eigenvalue weighted by Crippen LogP contribution is 2.30. The number of nitriles is 1. The van der Waals surface area contributed by atoms with Crippen LogP contribution in [0.15, 0.2) is 41.3 Å². The standard InChI is InChI=1S/C15H12F2N2S/c1-2-20-15-5-3-4-14(13(15)9-18)19-12-7-10(16)6-11(17)8-12/h3-8,19H,2H2,1H3. The average Bonchev–Trinajstić information content (AvgIpc) is 2.38. The predicted octanol–water partition coefficient (Wildman–Crippen LogP) is 4.69. The van der Waals surface area contributed by atoms with E-state index >= 15 is 0 Å². The van der Waals surface area contributed by atoms with Gasteiger partial charge in [0.2, 0.25) is 0 Å². The number of thioether (sulfide) groups is 1. The molecule has 2 aromatic rings. The van der Waals surface area contributed by atoms with E-state index in [9.17, 15) is 14.0 Å². The van der Waals surface area contributed by atoms with E-state index in [4.69, 9.17) is 0 Å². The molecule has 5 heteroatoms. The van der Waals surface area contributed by atoms with Gasteiger partial charge >= 0.3 is 0 Å². The molecule has 0 saturated heterocycles. The Bertz CT molecular complexity index is 645. The Balaban J connectivity index is 2.38. The van der Waals surface area contributed by atoms with Crippen molar-refractivity contribution in [2.75, 3.05) is 11.1 Å². The molecule has 2 nitrogen and oxygen atoms in total. The van der Waals surface area contributed by atoms with E-state index in [1.165, 1.54) is 12.1 Å². The minimum Gasteiger partial charge on any atom is -0.354 e. The van der Waals surface area contributed by atoms with Gasteiger partial charge in [-0.3, -0.25) is 0 Å². The van der Waals surface area contributed by atoms with E-state index in [1.807, 2.05) is 13.0 Å². The van der Waals surface area contributed by atoms with Gasteiger partial charge in [-0.2, -0.15) is 5.26 Å². The molecule has 1 N–H and O–H groups in total. The summed E-state index contributed by atoms with van der Waals surface area (Å²) in [5.74, 6) is -0.484. The second kappa shape index (κ2) is 6.40. The Hall–Kier alpha value is -2.06. The molecular weight excluding hydrogens is 278 g/mol. The van der Waals surface area contributed by atoms with Gasteiger partial charge in [0.05, 0.1) is 11.3 Å². The Morgan fingerprint density at radius 2 is 1.90 bits per heavy atom. The molecule has 102 valence electrons. The summed E-state index contributed by atoms with van der Waals surface area (Å²) in [6, 6.07) is 10.7. The maximum absolute atomic E-state index is 13.2. The van der Waals surface area contributed by atoms with Gasteiger partial charge in [0.1, 0.15) is 17.7 Å². The van der Waals surface area contributed by atoms with Gasteiger partial charge in [0.25, 0.3) is 0 Å². The number of nitrogens with zero attached hydrogens (tertiary/aromatic N) is 1. The summed E-state index contributed by atoms with van der Waals surface area (Å²) in [6.07, 6.45) is 0. The minimum absolute atomic E-state index is 0.276. The Morgan fingerprint density at radius 1 is 1.20 bits per heavy atom. The van der Waals surface area contributed by atoms with Crippen LogP contribution in [0, 0.1) is 23.0 Å². The lowest BCUT2D eigenvalue weighted by Gasteiger charge is -2.11. The van der Waals surface area contributed by atoms with Crippen LogP contribution >= 0.6 is 11.8 Å². The second-order valence-corrected chi connectivity index (χ2v) is 5.31. The number of anilines is 2. The number of benzene rings is 2. The lowest BCUT2D eigenvalue weighted by molar-refractivity contribution is 0.584. The lowest BCUT2D eigenvalue weighted by atomic mass is 10.2. The zero-order chi connectivity index (χ0) is 14.5. The fourth-order valence-electron chi connectivity index (χ4n) is 1.81. The smallest absolute Gasteiger partial charge is 0.128 e. The zero-order valence-corrected chi connectivity index (χ0v) is 11.6. The van der Waals surface area contributed by atoms with Crippen LogP contribution in [0.4, 0.5) is 20.2 Å². The van der Waals surface area contributed by atoms with Gasteiger partial charge in [-0.1, -0.05) is 13.0 Å². The van der Waals surface area contributed by atoms with Crippen molar-refractivity contribution in [2.45, 2.75) is 11.8 Å². The average molecular weight is 290 g/mol. The first-order chi connectivity index (χ1) is 9.63. The molecule has 0 fully saturated rings. The van der Waals surface area contributed by atoms with Gasteiger partial charge in [0, 0.05) is 16.6 Å². The molecule has 0 saturated carbocycles. The molecule has 0 aliphatic carbocycles. The summed E-state index contributed by atoms with van der Waals surface area (Å²) in [5.41, 5.74) is 1.29. The fraction of sp³-hybridized carbons (Fsp3) is 0.133. The van der Waals surface area contributed by atoms with Gasteiger partial charge in [-0.05, 0) is 30.0 Å². The van der Waals surface area contributed by atoms with Gasteiger partial charge < -0.3 is 5.32 Å². The van der Waals surface area contributed by atoms with Crippen molar-refractivity contribution in [3.05, 3.63) is 53.6 Å². The van der Waals surface area contributed by atoms with Crippen molar-refractivity contribution >= 4 is 23.1 Å². The minimum atomic E-state index is -0.662. The first-order valence-electron chi connectivity index (χ1n) is 6.03. The number of nitrogens with one attached hydrogen (secondary N) is 1. The Labute approximate surface area is 120 Å². The molecular formula is C15H12F2N2S. The topological polar surface area (TPSA) is 35.8 Å². The van der Waals surface area contributed by atoms with Crippen molar-refractivity contribution in [3.63, 3.8) is 0 Å². The van der Waals surface area contributed by atoms with E-state index in [0.717, 1.165) is 16.7 Å². The Kier molecular flexibility index (Phi) is 4.59. The van der Waals surface area contributed by atoms with Crippen LogP contribution in [0.5, 0.6) is 0 Å². The fourth-order valence-corrected chi connectivity index (χ4v) is 2.59. The van der Waals surface area contributed by atoms with Crippen LogP contribution in [0.2, 0.25) is 0 Å². The van der Waals surface area contributed by atoms with Crippen LogP contribution in [0.1, 0.15) is 12.5 Å². The molecule has 0 aliphatic rings. The monoisotopic (exact) mass is 290 g/mol. The number of hydrogen-bond acceptors (Lipinski definition) is 3. The van der Waals surface area contributed by atoms with Crippen molar-refractivity contribution < 1.29 is 8.78 Å².